The van der Waals surface area contributed by atoms with Gasteiger partial charge in [-0.3, -0.25) is 0 Å². The maximum atomic E-state index is 14.4. The maximum Gasteiger partial charge on any atom is 0.460 e. The Labute approximate surface area is 163 Å². The molecule has 2 atom stereocenters. The summed E-state index contributed by atoms with van der Waals surface area (Å²) in [5.74, 6) is -14.2. The maximum absolute atomic E-state index is 14.4. The Morgan fingerprint density at radius 1 is 0.630 bits per heavy atom. The lowest BCUT2D eigenvalue weighted by molar-refractivity contribution is -0.412. The number of unbranched alkanes of at least 4 members (excludes halogenated alkanes) is 4. The van der Waals surface area contributed by atoms with Crippen molar-refractivity contribution in [2.24, 2.45) is 0 Å². The van der Waals surface area contributed by atoms with Gasteiger partial charge in [-0.1, -0.05) is 68.5 Å². The van der Waals surface area contributed by atoms with Crippen LogP contribution in [0.25, 0.3) is 0 Å². The molecule has 0 aliphatic heterocycles. The molecule has 0 radical (unpaired) electrons. The van der Waals surface area contributed by atoms with Crippen molar-refractivity contribution >= 4 is 22.6 Å². The number of hydrogen-bond donors (Lipinski definition) is 0. The van der Waals surface area contributed by atoms with Gasteiger partial charge in [0.05, 0.1) is 0 Å². The minimum Gasteiger partial charge on any atom is -0.227 e. The summed E-state index contributed by atoms with van der Waals surface area (Å²) >= 11 is 1.19. The fraction of sp³-hybridized carbons (Fsp3) is 1.00. The van der Waals surface area contributed by atoms with Gasteiger partial charge in [-0.25, -0.2) is 4.39 Å². The molecule has 0 saturated carbocycles. The summed E-state index contributed by atoms with van der Waals surface area (Å²) in [6, 6.07) is 0. The first-order valence-corrected chi connectivity index (χ1v) is 9.11. The van der Waals surface area contributed by atoms with Crippen LogP contribution in [0.5, 0.6) is 0 Å². The molecule has 12 heteroatoms. The van der Waals surface area contributed by atoms with Crippen molar-refractivity contribution in [2.75, 3.05) is 0 Å². The van der Waals surface area contributed by atoms with Crippen molar-refractivity contribution in [3.63, 3.8) is 0 Å². The third-order valence-corrected chi connectivity index (χ3v) is 5.03. The third kappa shape index (κ3) is 5.97. The first-order chi connectivity index (χ1) is 11.8. The van der Waals surface area contributed by atoms with E-state index < -0.39 is 39.7 Å². The van der Waals surface area contributed by atoms with Gasteiger partial charge in [0.25, 0.3) is 5.67 Å². The quantitative estimate of drug-likeness (QED) is 0.115. The SMILES string of the molecule is CCCCCCCC(C)(I)CC(F)(C(F)(F)F)C(F)(F)C(F)(F)C(F)(F)F. The summed E-state index contributed by atoms with van der Waals surface area (Å²) in [5, 5.41) is 0. The molecule has 0 nitrogen and oxygen atoms in total. The zero-order valence-corrected chi connectivity index (χ0v) is 16.6. The van der Waals surface area contributed by atoms with Gasteiger partial charge in [0.1, 0.15) is 0 Å². The van der Waals surface area contributed by atoms with E-state index in [9.17, 15) is 48.3 Å². The lowest BCUT2D eigenvalue weighted by atomic mass is 9.81. The predicted molar refractivity (Wildman–Crippen MR) is 86.3 cm³/mol. The second-order valence-corrected chi connectivity index (χ2v) is 9.30. The minimum atomic E-state index is -7.20. The van der Waals surface area contributed by atoms with Gasteiger partial charge in [0.15, 0.2) is 0 Å². The van der Waals surface area contributed by atoms with E-state index in [-0.39, 0.29) is 12.8 Å². The fourth-order valence-corrected chi connectivity index (χ4v) is 3.42. The highest BCUT2D eigenvalue weighted by atomic mass is 127. The predicted octanol–water partition coefficient (Wildman–Crippen LogP) is 8.03. The normalized spacial score (nSPS) is 18.9. The Balaban J connectivity index is 5.72. The van der Waals surface area contributed by atoms with Crippen LogP contribution >= 0.6 is 22.6 Å². The lowest BCUT2D eigenvalue weighted by Crippen LogP contribution is -2.68. The zero-order chi connectivity index (χ0) is 21.9. The summed E-state index contributed by atoms with van der Waals surface area (Å²) in [7, 11) is 0. The van der Waals surface area contributed by atoms with Crippen molar-refractivity contribution in [3.05, 3.63) is 0 Å². The van der Waals surface area contributed by atoms with Gasteiger partial charge in [0.2, 0.25) is 0 Å². The fourth-order valence-electron chi connectivity index (χ4n) is 2.51. The molecule has 0 spiro atoms. The summed E-state index contributed by atoms with van der Waals surface area (Å²) in [4.78, 5) is 0. The summed E-state index contributed by atoms with van der Waals surface area (Å²) < 4.78 is 142. The Morgan fingerprint density at radius 2 is 1.07 bits per heavy atom. The monoisotopic (exact) mass is 536 g/mol. The minimum absolute atomic E-state index is 0.189. The molecule has 0 saturated heterocycles. The molecule has 0 aliphatic rings. The van der Waals surface area contributed by atoms with Crippen molar-refractivity contribution in [1.82, 2.24) is 0 Å². The molecular formula is C15H20F11I. The Morgan fingerprint density at radius 3 is 1.44 bits per heavy atom. The van der Waals surface area contributed by atoms with Crippen LogP contribution in [0.2, 0.25) is 0 Å². The van der Waals surface area contributed by atoms with Crippen LogP contribution in [0, 0.1) is 0 Å². The van der Waals surface area contributed by atoms with E-state index in [1.165, 1.54) is 22.6 Å². The van der Waals surface area contributed by atoms with Gasteiger partial charge in [-0.05, 0) is 6.42 Å². The Hall–Kier alpha value is -0.0400. The van der Waals surface area contributed by atoms with Crippen LogP contribution in [-0.4, -0.2) is 33.3 Å². The molecule has 0 aromatic carbocycles. The summed E-state index contributed by atoms with van der Waals surface area (Å²) in [6.45, 7) is 2.79. The first kappa shape index (κ1) is 27.0. The van der Waals surface area contributed by atoms with Crippen molar-refractivity contribution in [1.29, 1.82) is 0 Å². The van der Waals surface area contributed by atoms with Crippen LogP contribution in [0.1, 0.15) is 58.8 Å². The highest BCUT2D eigenvalue weighted by molar-refractivity contribution is 14.1. The molecule has 0 aromatic heterocycles. The molecule has 0 heterocycles. The molecule has 2 unspecified atom stereocenters. The number of alkyl halides is 12. The zero-order valence-electron chi connectivity index (χ0n) is 14.5. The lowest BCUT2D eigenvalue weighted by Gasteiger charge is -2.42. The van der Waals surface area contributed by atoms with Crippen molar-refractivity contribution in [3.8, 4) is 0 Å². The average molecular weight is 536 g/mol. The van der Waals surface area contributed by atoms with Crippen LogP contribution < -0.4 is 0 Å². The Bertz CT molecular complexity index is 467. The second-order valence-electron chi connectivity index (χ2n) is 6.70. The number of hydrogen-bond acceptors (Lipinski definition) is 0. The highest BCUT2D eigenvalue weighted by Crippen LogP contribution is 2.60. The third-order valence-electron chi connectivity index (χ3n) is 4.11. The van der Waals surface area contributed by atoms with Gasteiger partial charge in [-0.2, -0.15) is 43.9 Å². The molecule has 0 fully saturated rings. The standard InChI is InChI=1S/C15H20F11I/c1-3-4-5-6-7-8-10(2,27)9-11(16,14(21,22)23)12(17,18)13(19,20)15(24,25)26/h3-9H2,1-2H3. The molecule has 0 aromatic rings. The van der Waals surface area contributed by atoms with Crippen LogP contribution in [0.15, 0.2) is 0 Å². The van der Waals surface area contributed by atoms with Crippen LogP contribution in [-0.2, 0) is 0 Å². The van der Waals surface area contributed by atoms with Crippen LogP contribution in [0.4, 0.5) is 48.3 Å². The van der Waals surface area contributed by atoms with E-state index in [4.69, 9.17) is 0 Å². The topological polar surface area (TPSA) is 0 Å². The van der Waals surface area contributed by atoms with E-state index in [0.29, 0.717) is 12.8 Å². The molecule has 0 N–H and O–H groups in total. The van der Waals surface area contributed by atoms with Gasteiger partial charge in [0, 0.05) is 9.84 Å². The van der Waals surface area contributed by atoms with E-state index in [1.54, 1.807) is 0 Å². The van der Waals surface area contributed by atoms with Gasteiger partial charge >= 0.3 is 24.2 Å². The smallest absolute Gasteiger partial charge is 0.227 e. The molecule has 0 aliphatic carbocycles. The molecule has 27 heavy (non-hydrogen) atoms. The highest BCUT2D eigenvalue weighted by Gasteiger charge is 2.86. The van der Waals surface area contributed by atoms with E-state index >= 15 is 0 Å². The van der Waals surface area contributed by atoms with Crippen LogP contribution in [0.3, 0.4) is 0 Å². The molecule has 164 valence electrons. The number of rotatable bonds is 10. The molecule has 0 rings (SSSR count). The average Bonchev–Trinajstić information content (AvgIpc) is 2.43. The molecule has 0 bridgehead atoms. The van der Waals surface area contributed by atoms with Crippen molar-refractivity contribution < 1.29 is 48.3 Å². The van der Waals surface area contributed by atoms with E-state index in [0.717, 1.165) is 19.8 Å². The number of halogens is 12. The van der Waals surface area contributed by atoms with E-state index in [2.05, 4.69) is 0 Å². The summed E-state index contributed by atoms with van der Waals surface area (Å²) in [6.07, 6.45) is -13.2. The van der Waals surface area contributed by atoms with Gasteiger partial charge < -0.3 is 0 Å². The second kappa shape index (κ2) is 8.76. The largest absolute Gasteiger partial charge is 0.460 e. The van der Waals surface area contributed by atoms with E-state index in [1.807, 2.05) is 6.92 Å². The molecular weight excluding hydrogens is 516 g/mol. The van der Waals surface area contributed by atoms with Crippen molar-refractivity contribution in [2.45, 2.75) is 92.1 Å². The Kier molecular flexibility index (Phi) is 8.75. The molecule has 0 amide bonds. The summed E-state index contributed by atoms with van der Waals surface area (Å²) in [5.41, 5.74) is -6.06. The first-order valence-electron chi connectivity index (χ1n) is 8.04. The van der Waals surface area contributed by atoms with Gasteiger partial charge in [-0.15, -0.1) is 0 Å².